The van der Waals surface area contributed by atoms with Crippen LogP contribution in [0.3, 0.4) is 0 Å². The number of nitrogens with zero attached hydrogens (tertiary/aromatic N) is 2. The Balaban J connectivity index is 0.00000306. The molecule has 0 radical (unpaired) electrons. The van der Waals surface area contributed by atoms with Gasteiger partial charge in [0.1, 0.15) is 23.9 Å². The van der Waals surface area contributed by atoms with Crippen LogP contribution in [-0.2, 0) is 6.61 Å². The first kappa shape index (κ1) is 24.4. The number of Topliss-reactive ketones (excluding diaryl/α,β-unsaturated/α-hetero) is 1. The predicted octanol–water partition coefficient (Wildman–Crippen LogP) is 5.27. The standard InChI is InChI=1S/C25H22F2N2O3.ClH/c1-16-24(22(31)13-18(14-30)17-7-3-2-4-8-17)29-12-6-11-23(25(29)28-16)32-15-19-20(26)9-5-10-21(19)27;/h2-12,18,30H,13-15H2,1H3;1H/t18-;/m0./s1. The molecule has 2 aromatic carbocycles. The smallest absolute Gasteiger partial charge is 0.182 e. The molecule has 4 rings (SSSR count). The number of halogens is 3. The number of pyridine rings is 1. The molecule has 1 N–H and O–H groups in total. The van der Waals surface area contributed by atoms with Crippen molar-refractivity contribution in [3.63, 3.8) is 0 Å². The molecule has 4 aromatic rings. The second-order valence-electron chi connectivity index (χ2n) is 7.52. The Labute approximate surface area is 196 Å². The minimum Gasteiger partial charge on any atom is -0.485 e. The number of aliphatic hydroxyl groups excluding tert-OH is 1. The van der Waals surface area contributed by atoms with Crippen LogP contribution in [0.25, 0.3) is 5.65 Å². The van der Waals surface area contributed by atoms with Crippen molar-refractivity contribution < 1.29 is 23.4 Å². The van der Waals surface area contributed by atoms with E-state index in [0.717, 1.165) is 5.56 Å². The molecule has 0 saturated heterocycles. The molecule has 0 aliphatic carbocycles. The van der Waals surface area contributed by atoms with E-state index >= 15 is 0 Å². The number of rotatable bonds is 8. The van der Waals surface area contributed by atoms with E-state index < -0.39 is 11.6 Å². The van der Waals surface area contributed by atoms with Crippen molar-refractivity contribution in [1.29, 1.82) is 0 Å². The largest absolute Gasteiger partial charge is 0.485 e. The number of ether oxygens (including phenoxy) is 1. The van der Waals surface area contributed by atoms with Gasteiger partial charge in [0.15, 0.2) is 17.2 Å². The van der Waals surface area contributed by atoms with Gasteiger partial charge in [-0.3, -0.25) is 9.20 Å². The van der Waals surface area contributed by atoms with Crippen LogP contribution in [0.4, 0.5) is 8.78 Å². The van der Waals surface area contributed by atoms with Crippen molar-refractivity contribution in [2.24, 2.45) is 0 Å². The van der Waals surface area contributed by atoms with Gasteiger partial charge in [0, 0.05) is 18.5 Å². The summed E-state index contributed by atoms with van der Waals surface area (Å²) in [5.41, 5.74) is 1.98. The Morgan fingerprint density at radius 1 is 1.06 bits per heavy atom. The highest BCUT2D eigenvalue weighted by atomic mass is 35.5. The maximum atomic E-state index is 13.9. The van der Waals surface area contributed by atoms with Crippen molar-refractivity contribution in [2.45, 2.75) is 25.9 Å². The summed E-state index contributed by atoms with van der Waals surface area (Å²) < 4.78 is 35.1. The van der Waals surface area contributed by atoms with Crippen LogP contribution in [0.5, 0.6) is 5.75 Å². The van der Waals surface area contributed by atoms with Gasteiger partial charge in [-0.05, 0) is 36.8 Å². The van der Waals surface area contributed by atoms with Crippen molar-refractivity contribution >= 4 is 23.8 Å². The number of hydrogen-bond acceptors (Lipinski definition) is 4. The van der Waals surface area contributed by atoms with E-state index in [1.54, 1.807) is 29.7 Å². The Bertz CT molecular complexity index is 1240. The van der Waals surface area contributed by atoms with Crippen molar-refractivity contribution in [3.8, 4) is 5.75 Å². The highest BCUT2D eigenvalue weighted by molar-refractivity contribution is 5.97. The molecule has 0 aliphatic rings. The maximum Gasteiger partial charge on any atom is 0.182 e. The molecule has 33 heavy (non-hydrogen) atoms. The summed E-state index contributed by atoms with van der Waals surface area (Å²) in [6.07, 6.45) is 1.80. The molecule has 8 heteroatoms. The summed E-state index contributed by atoms with van der Waals surface area (Å²) in [5, 5.41) is 9.82. The van der Waals surface area contributed by atoms with Gasteiger partial charge in [-0.2, -0.15) is 0 Å². The zero-order valence-electron chi connectivity index (χ0n) is 17.9. The molecule has 1 atom stereocenters. The van der Waals surface area contributed by atoms with E-state index in [1.807, 2.05) is 30.3 Å². The molecule has 0 spiro atoms. The summed E-state index contributed by atoms with van der Waals surface area (Å²) in [5.74, 6) is -1.59. The summed E-state index contributed by atoms with van der Waals surface area (Å²) in [6.45, 7) is 1.25. The lowest BCUT2D eigenvalue weighted by molar-refractivity contribution is 0.0953. The minimum absolute atomic E-state index is 0. The Morgan fingerprint density at radius 2 is 1.76 bits per heavy atom. The third kappa shape index (κ3) is 5.05. The van der Waals surface area contributed by atoms with Crippen LogP contribution in [-0.4, -0.2) is 26.9 Å². The monoisotopic (exact) mass is 472 g/mol. The zero-order chi connectivity index (χ0) is 22.7. The fourth-order valence-electron chi connectivity index (χ4n) is 3.76. The van der Waals surface area contributed by atoms with Gasteiger partial charge in [0.05, 0.1) is 17.9 Å². The maximum absolute atomic E-state index is 13.9. The summed E-state index contributed by atoms with van der Waals surface area (Å²) in [7, 11) is 0. The molecule has 172 valence electrons. The third-order valence-electron chi connectivity index (χ3n) is 5.41. The number of ketones is 1. The molecule has 2 heterocycles. The molecule has 0 amide bonds. The normalized spacial score (nSPS) is 11.8. The van der Waals surface area contributed by atoms with E-state index in [4.69, 9.17) is 4.74 Å². The number of hydrogen-bond donors (Lipinski definition) is 1. The van der Waals surface area contributed by atoms with Crippen LogP contribution in [0, 0.1) is 18.6 Å². The van der Waals surface area contributed by atoms with Crippen LogP contribution in [0.2, 0.25) is 0 Å². The highest BCUT2D eigenvalue weighted by Gasteiger charge is 2.23. The molecular weight excluding hydrogens is 450 g/mol. The second-order valence-corrected chi connectivity index (χ2v) is 7.52. The van der Waals surface area contributed by atoms with Crippen molar-refractivity contribution in [1.82, 2.24) is 9.38 Å². The summed E-state index contributed by atoms with van der Waals surface area (Å²) in [4.78, 5) is 17.6. The topological polar surface area (TPSA) is 63.8 Å². The van der Waals surface area contributed by atoms with Gasteiger partial charge in [-0.25, -0.2) is 13.8 Å². The highest BCUT2D eigenvalue weighted by Crippen LogP contribution is 2.27. The van der Waals surface area contributed by atoms with Crippen molar-refractivity contribution in [2.75, 3.05) is 6.61 Å². The average Bonchev–Trinajstić information content (AvgIpc) is 3.14. The number of carbonyl (C=O) groups excluding carboxylic acids is 1. The van der Waals surface area contributed by atoms with Gasteiger partial charge in [0.25, 0.3) is 0 Å². The zero-order valence-corrected chi connectivity index (χ0v) is 18.7. The number of aromatic nitrogens is 2. The summed E-state index contributed by atoms with van der Waals surface area (Å²) >= 11 is 0. The lowest BCUT2D eigenvalue weighted by Crippen LogP contribution is -2.13. The Kier molecular flexibility index (Phi) is 7.79. The fourth-order valence-corrected chi connectivity index (χ4v) is 3.76. The predicted molar refractivity (Wildman–Crippen MR) is 123 cm³/mol. The van der Waals surface area contributed by atoms with Gasteiger partial charge in [0.2, 0.25) is 0 Å². The molecule has 0 fully saturated rings. The van der Waals surface area contributed by atoms with Crippen LogP contribution in [0.15, 0.2) is 66.9 Å². The van der Waals surface area contributed by atoms with Gasteiger partial charge >= 0.3 is 0 Å². The van der Waals surface area contributed by atoms with E-state index in [2.05, 4.69) is 4.98 Å². The molecule has 5 nitrogen and oxygen atoms in total. The molecule has 0 bridgehead atoms. The Hall–Kier alpha value is -3.29. The average molecular weight is 473 g/mol. The minimum atomic E-state index is -0.691. The van der Waals surface area contributed by atoms with Crippen LogP contribution < -0.4 is 4.74 Å². The number of carbonyl (C=O) groups is 1. The van der Waals surface area contributed by atoms with E-state index in [9.17, 15) is 18.7 Å². The lowest BCUT2D eigenvalue weighted by atomic mass is 9.93. The number of imidazole rings is 1. The number of aliphatic hydroxyl groups is 1. The first-order valence-corrected chi connectivity index (χ1v) is 10.2. The molecule has 0 aliphatic heterocycles. The van der Waals surface area contributed by atoms with E-state index in [0.29, 0.717) is 22.8 Å². The number of benzene rings is 2. The number of aryl methyl sites for hydroxylation is 1. The Morgan fingerprint density at radius 3 is 2.42 bits per heavy atom. The van der Waals surface area contributed by atoms with Crippen LogP contribution >= 0.6 is 12.4 Å². The first-order valence-electron chi connectivity index (χ1n) is 10.2. The molecule has 2 aromatic heterocycles. The summed E-state index contributed by atoms with van der Waals surface area (Å²) in [6, 6.07) is 16.3. The fraction of sp³-hybridized carbons (Fsp3) is 0.200. The van der Waals surface area contributed by atoms with Crippen LogP contribution in [0.1, 0.15) is 39.6 Å². The van der Waals surface area contributed by atoms with Gasteiger partial charge in [-0.15, -0.1) is 12.4 Å². The first-order chi connectivity index (χ1) is 15.5. The molecular formula is C25H23ClF2N2O3. The number of fused-ring (bicyclic) bond motifs is 1. The molecule has 0 unspecified atom stereocenters. The SMILES string of the molecule is Cc1nc2c(OCc3c(F)cccc3F)cccn2c1C(=O)C[C@@H](CO)c1ccccc1.Cl. The quantitative estimate of drug-likeness (QED) is 0.355. The van der Waals surface area contributed by atoms with Gasteiger partial charge < -0.3 is 9.84 Å². The van der Waals surface area contributed by atoms with E-state index in [-0.39, 0.29) is 49.3 Å². The molecule has 0 saturated carbocycles. The third-order valence-corrected chi connectivity index (χ3v) is 5.41. The van der Waals surface area contributed by atoms with Crippen molar-refractivity contribution in [3.05, 3.63) is 101 Å². The lowest BCUT2D eigenvalue weighted by Gasteiger charge is -2.14. The van der Waals surface area contributed by atoms with Gasteiger partial charge in [-0.1, -0.05) is 36.4 Å². The second kappa shape index (κ2) is 10.6. The van der Waals surface area contributed by atoms with E-state index in [1.165, 1.54) is 18.2 Å².